The molecule has 112 valence electrons. The molecular weight excluding hydrogens is 296 g/mol. The smallest absolute Gasteiger partial charge is 0.242 e. The largest absolute Gasteiger partial charge is 0.389 e. The fraction of sp³-hybridized carbons (Fsp3) is 0.462. The fourth-order valence-electron chi connectivity index (χ4n) is 1.51. The van der Waals surface area contributed by atoms with Crippen molar-refractivity contribution in [3.8, 4) is 0 Å². The van der Waals surface area contributed by atoms with Gasteiger partial charge in [0.25, 0.3) is 0 Å². The molecule has 0 unspecified atom stereocenters. The summed E-state index contributed by atoms with van der Waals surface area (Å²) >= 11 is 4.83. The molecule has 0 aliphatic heterocycles. The standard InChI is InChI=1S/C13H20N2O3S2/c1-10(2)18-9-8-15(3)20(16,17)12-6-4-11(5-7-12)13(14)19/h4-7,10H,8-9H2,1-3H3,(H2,14,19). The highest BCUT2D eigenvalue weighted by atomic mass is 32.2. The van der Waals surface area contributed by atoms with Gasteiger partial charge in [0.1, 0.15) is 4.99 Å². The van der Waals surface area contributed by atoms with E-state index >= 15 is 0 Å². The van der Waals surface area contributed by atoms with Gasteiger partial charge in [0.05, 0.1) is 17.6 Å². The van der Waals surface area contributed by atoms with Crippen molar-refractivity contribution < 1.29 is 13.2 Å². The molecule has 0 aliphatic carbocycles. The Labute approximate surface area is 125 Å². The van der Waals surface area contributed by atoms with Crippen molar-refractivity contribution in [2.75, 3.05) is 20.2 Å². The molecule has 0 radical (unpaired) electrons. The highest BCUT2D eigenvalue weighted by Crippen LogP contribution is 2.15. The van der Waals surface area contributed by atoms with Crippen LogP contribution < -0.4 is 5.73 Å². The number of nitrogens with zero attached hydrogens (tertiary/aromatic N) is 1. The molecule has 20 heavy (non-hydrogen) atoms. The summed E-state index contributed by atoms with van der Waals surface area (Å²) in [5.74, 6) is 0. The molecule has 0 atom stereocenters. The molecule has 1 rings (SSSR count). The summed E-state index contributed by atoms with van der Waals surface area (Å²) in [7, 11) is -1.98. The summed E-state index contributed by atoms with van der Waals surface area (Å²) in [6.07, 6.45) is 0.0796. The Bertz CT molecular complexity index is 553. The van der Waals surface area contributed by atoms with Crippen LogP contribution in [0.2, 0.25) is 0 Å². The maximum Gasteiger partial charge on any atom is 0.242 e. The third-order valence-electron chi connectivity index (χ3n) is 2.70. The van der Waals surface area contributed by atoms with Crippen molar-refractivity contribution in [3.05, 3.63) is 29.8 Å². The monoisotopic (exact) mass is 316 g/mol. The first-order chi connectivity index (χ1) is 9.25. The molecule has 0 aromatic heterocycles. The first kappa shape index (κ1) is 17.0. The molecule has 0 saturated carbocycles. The van der Waals surface area contributed by atoms with Crippen LogP contribution in [0.1, 0.15) is 19.4 Å². The van der Waals surface area contributed by atoms with Crippen molar-refractivity contribution in [1.29, 1.82) is 0 Å². The topological polar surface area (TPSA) is 72.6 Å². The predicted octanol–water partition coefficient (Wildman–Crippen LogP) is 1.37. The molecule has 0 spiro atoms. The Morgan fingerprint density at radius 3 is 2.35 bits per heavy atom. The molecule has 0 saturated heterocycles. The fourth-order valence-corrected chi connectivity index (χ4v) is 2.80. The summed E-state index contributed by atoms with van der Waals surface area (Å²) in [6.45, 7) is 4.47. The minimum atomic E-state index is -3.51. The maximum atomic E-state index is 12.3. The molecule has 5 nitrogen and oxygen atoms in total. The second kappa shape index (κ2) is 7.12. The molecule has 0 bridgehead atoms. The zero-order chi connectivity index (χ0) is 15.3. The number of hydrogen-bond donors (Lipinski definition) is 1. The maximum absolute atomic E-state index is 12.3. The zero-order valence-electron chi connectivity index (χ0n) is 11.9. The van der Waals surface area contributed by atoms with Gasteiger partial charge in [-0.3, -0.25) is 0 Å². The Morgan fingerprint density at radius 2 is 1.90 bits per heavy atom. The Balaban J connectivity index is 2.79. The average Bonchev–Trinajstić information content (AvgIpc) is 2.38. The third kappa shape index (κ3) is 4.52. The first-order valence-corrected chi connectivity index (χ1v) is 8.08. The first-order valence-electron chi connectivity index (χ1n) is 6.23. The summed E-state index contributed by atoms with van der Waals surface area (Å²) in [5, 5.41) is 0. The van der Waals surface area contributed by atoms with Crippen molar-refractivity contribution in [1.82, 2.24) is 4.31 Å². The molecule has 0 fully saturated rings. The van der Waals surface area contributed by atoms with Crippen LogP contribution in [0.15, 0.2) is 29.2 Å². The number of rotatable bonds is 7. The van der Waals surface area contributed by atoms with E-state index in [0.29, 0.717) is 18.7 Å². The van der Waals surface area contributed by atoms with E-state index in [1.807, 2.05) is 13.8 Å². The van der Waals surface area contributed by atoms with Gasteiger partial charge in [0, 0.05) is 19.2 Å². The second-order valence-corrected chi connectivity index (χ2v) is 7.12. The van der Waals surface area contributed by atoms with Gasteiger partial charge in [0.15, 0.2) is 0 Å². The van der Waals surface area contributed by atoms with Gasteiger partial charge in [-0.05, 0) is 26.0 Å². The predicted molar refractivity (Wildman–Crippen MR) is 83.2 cm³/mol. The summed E-state index contributed by atoms with van der Waals surface area (Å²) in [4.78, 5) is 0.456. The Kier molecular flexibility index (Phi) is 6.07. The lowest BCUT2D eigenvalue weighted by molar-refractivity contribution is 0.0737. The number of likely N-dealkylation sites (N-methyl/N-ethyl adjacent to an activating group) is 1. The number of benzene rings is 1. The van der Waals surface area contributed by atoms with E-state index in [4.69, 9.17) is 22.7 Å². The van der Waals surface area contributed by atoms with Crippen LogP contribution in [0.4, 0.5) is 0 Å². The van der Waals surface area contributed by atoms with E-state index in [1.54, 1.807) is 12.1 Å². The van der Waals surface area contributed by atoms with E-state index in [1.165, 1.54) is 23.5 Å². The lowest BCUT2D eigenvalue weighted by Crippen LogP contribution is -2.31. The van der Waals surface area contributed by atoms with Crippen LogP contribution in [0.25, 0.3) is 0 Å². The van der Waals surface area contributed by atoms with Gasteiger partial charge >= 0.3 is 0 Å². The van der Waals surface area contributed by atoms with Crippen molar-refractivity contribution in [2.45, 2.75) is 24.8 Å². The van der Waals surface area contributed by atoms with E-state index < -0.39 is 10.0 Å². The third-order valence-corrected chi connectivity index (χ3v) is 4.81. The van der Waals surface area contributed by atoms with Crippen molar-refractivity contribution >= 4 is 27.2 Å². The van der Waals surface area contributed by atoms with Crippen LogP contribution in [0.3, 0.4) is 0 Å². The molecule has 2 N–H and O–H groups in total. The van der Waals surface area contributed by atoms with Gasteiger partial charge in [-0.25, -0.2) is 8.42 Å². The Hall–Kier alpha value is -1.02. The minimum absolute atomic E-state index is 0.0796. The van der Waals surface area contributed by atoms with Crippen LogP contribution >= 0.6 is 12.2 Å². The van der Waals surface area contributed by atoms with E-state index in [-0.39, 0.29) is 16.0 Å². The zero-order valence-corrected chi connectivity index (χ0v) is 13.5. The van der Waals surface area contributed by atoms with Gasteiger partial charge in [-0.15, -0.1) is 0 Å². The van der Waals surface area contributed by atoms with Crippen LogP contribution in [-0.4, -0.2) is 44.0 Å². The van der Waals surface area contributed by atoms with E-state index in [9.17, 15) is 8.42 Å². The molecule has 0 amide bonds. The summed E-state index contributed by atoms with van der Waals surface area (Å²) in [6, 6.07) is 6.22. The lowest BCUT2D eigenvalue weighted by atomic mass is 10.2. The quantitative estimate of drug-likeness (QED) is 0.769. The van der Waals surface area contributed by atoms with E-state index in [0.717, 1.165) is 0 Å². The molecule has 0 heterocycles. The molecule has 7 heteroatoms. The highest BCUT2D eigenvalue weighted by molar-refractivity contribution is 7.89. The SMILES string of the molecule is CC(C)OCCN(C)S(=O)(=O)c1ccc(C(N)=S)cc1. The number of hydrogen-bond acceptors (Lipinski definition) is 4. The van der Waals surface area contributed by atoms with E-state index in [2.05, 4.69) is 0 Å². The average molecular weight is 316 g/mol. The molecule has 0 aliphatic rings. The summed E-state index contributed by atoms with van der Waals surface area (Å²) < 4.78 is 31.2. The van der Waals surface area contributed by atoms with Gasteiger partial charge < -0.3 is 10.5 Å². The van der Waals surface area contributed by atoms with Crippen LogP contribution in [-0.2, 0) is 14.8 Å². The Morgan fingerprint density at radius 1 is 1.35 bits per heavy atom. The number of sulfonamides is 1. The van der Waals surface area contributed by atoms with Crippen LogP contribution in [0.5, 0.6) is 0 Å². The molecule has 1 aromatic rings. The van der Waals surface area contributed by atoms with Crippen molar-refractivity contribution in [2.24, 2.45) is 5.73 Å². The minimum Gasteiger partial charge on any atom is -0.389 e. The van der Waals surface area contributed by atoms with Gasteiger partial charge in [0.2, 0.25) is 10.0 Å². The normalized spacial score (nSPS) is 12.1. The van der Waals surface area contributed by atoms with Crippen LogP contribution in [0, 0.1) is 0 Å². The summed E-state index contributed by atoms with van der Waals surface area (Å²) in [5.41, 5.74) is 6.13. The molecular formula is C13H20N2O3S2. The van der Waals surface area contributed by atoms with Crippen molar-refractivity contribution in [3.63, 3.8) is 0 Å². The van der Waals surface area contributed by atoms with Gasteiger partial charge in [-0.1, -0.05) is 24.4 Å². The molecule has 1 aromatic carbocycles. The van der Waals surface area contributed by atoms with Gasteiger partial charge in [-0.2, -0.15) is 4.31 Å². The number of nitrogens with two attached hydrogens (primary N) is 1. The second-order valence-electron chi connectivity index (χ2n) is 4.63. The highest BCUT2D eigenvalue weighted by Gasteiger charge is 2.20. The lowest BCUT2D eigenvalue weighted by Gasteiger charge is -2.18. The number of thiocarbonyl (C=S) groups is 1. The number of ether oxygens (including phenoxy) is 1.